The SMILES string of the molecule is CCC(C)C(N)C(=O)NC(C)C(=O)NC(Cc1ccc(O)cc1)C(=O)NC(CCSC)C(=O)O. The lowest BCUT2D eigenvalue weighted by Gasteiger charge is -2.24. The molecule has 10 nitrogen and oxygen atoms in total. The van der Waals surface area contributed by atoms with Gasteiger partial charge in [-0.05, 0) is 49.0 Å². The number of hydrogen-bond acceptors (Lipinski definition) is 7. The molecule has 0 spiro atoms. The second-order valence-electron chi connectivity index (χ2n) is 8.25. The maximum absolute atomic E-state index is 13.0. The van der Waals surface area contributed by atoms with Crippen molar-refractivity contribution in [1.82, 2.24) is 16.0 Å². The molecule has 7 N–H and O–H groups in total. The molecule has 1 aromatic carbocycles. The molecule has 0 aliphatic rings. The topological polar surface area (TPSA) is 171 Å². The number of phenols is 1. The molecular formula is C23H36N4O6S. The molecule has 0 radical (unpaired) electrons. The fourth-order valence-corrected chi connectivity index (χ4v) is 3.50. The van der Waals surface area contributed by atoms with Gasteiger partial charge >= 0.3 is 5.97 Å². The van der Waals surface area contributed by atoms with Crippen molar-refractivity contribution >= 4 is 35.5 Å². The Kier molecular flexibility index (Phi) is 12.4. The van der Waals surface area contributed by atoms with Crippen LogP contribution in [0.25, 0.3) is 0 Å². The third-order valence-electron chi connectivity index (χ3n) is 5.55. The van der Waals surface area contributed by atoms with Crippen LogP contribution in [0.1, 0.15) is 39.2 Å². The normalized spacial score (nSPS) is 15.3. The van der Waals surface area contributed by atoms with E-state index in [1.54, 1.807) is 12.1 Å². The molecule has 0 aliphatic heterocycles. The molecule has 3 amide bonds. The molecule has 0 fully saturated rings. The first kappa shape index (κ1) is 29.2. The summed E-state index contributed by atoms with van der Waals surface area (Å²) in [6.07, 6.45) is 2.81. The van der Waals surface area contributed by atoms with Crippen molar-refractivity contribution in [1.29, 1.82) is 0 Å². The van der Waals surface area contributed by atoms with Crippen LogP contribution in [0.4, 0.5) is 0 Å². The number of aliphatic carboxylic acids is 1. The molecular weight excluding hydrogens is 460 g/mol. The predicted molar refractivity (Wildman–Crippen MR) is 131 cm³/mol. The summed E-state index contributed by atoms with van der Waals surface area (Å²) in [4.78, 5) is 49.6. The van der Waals surface area contributed by atoms with Gasteiger partial charge in [0.05, 0.1) is 6.04 Å². The number of carbonyl (C=O) groups is 4. The van der Waals surface area contributed by atoms with E-state index < -0.39 is 47.9 Å². The summed E-state index contributed by atoms with van der Waals surface area (Å²) in [6, 6.07) is 2.14. The number of hydrogen-bond donors (Lipinski definition) is 6. The minimum absolute atomic E-state index is 0.0470. The molecule has 190 valence electrons. The molecule has 5 atom stereocenters. The van der Waals surface area contributed by atoms with E-state index in [0.29, 0.717) is 17.7 Å². The van der Waals surface area contributed by atoms with E-state index in [2.05, 4.69) is 16.0 Å². The average molecular weight is 497 g/mol. The Bertz CT molecular complexity index is 835. The Balaban J connectivity index is 2.97. The fourth-order valence-electron chi connectivity index (χ4n) is 3.03. The molecule has 0 aliphatic carbocycles. The lowest BCUT2D eigenvalue weighted by atomic mass is 9.99. The number of thioether (sulfide) groups is 1. The van der Waals surface area contributed by atoms with Crippen LogP contribution < -0.4 is 21.7 Å². The van der Waals surface area contributed by atoms with E-state index in [0.717, 1.165) is 0 Å². The zero-order valence-corrected chi connectivity index (χ0v) is 20.9. The zero-order valence-electron chi connectivity index (χ0n) is 20.0. The number of carbonyl (C=O) groups excluding carboxylic acids is 3. The van der Waals surface area contributed by atoms with Crippen LogP contribution in [0.2, 0.25) is 0 Å². The molecule has 5 unspecified atom stereocenters. The summed E-state index contributed by atoms with van der Waals surface area (Å²) in [6.45, 7) is 5.22. The summed E-state index contributed by atoms with van der Waals surface area (Å²) in [5.74, 6) is -2.41. The average Bonchev–Trinajstić information content (AvgIpc) is 2.80. The molecule has 0 saturated heterocycles. The minimum Gasteiger partial charge on any atom is -0.508 e. The second-order valence-corrected chi connectivity index (χ2v) is 9.24. The van der Waals surface area contributed by atoms with Crippen LogP contribution in [-0.2, 0) is 25.6 Å². The second kappa shape index (κ2) is 14.5. The number of nitrogens with two attached hydrogens (primary N) is 1. The van der Waals surface area contributed by atoms with E-state index in [4.69, 9.17) is 5.73 Å². The van der Waals surface area contributed by atoms with E-state index >= 15 is 0 Å². The summed E-state index contributed by atoms with van der Waals surface area (Å²) >= 11 is 1.45. The fraction of sp³-hybridized carbons (Fsp3) is 0.565. The van der Waals surface area contributed by atoms with Crippen molar-refractivity contribution in [2.75, 3.05) is 12.0 Å². The predicted octanol–water partition coefficient (Wildman–Crippen LogP) is 0.620. The number of carboxylic acid groups (broad SMARTS) is 1. The summed E-state index contributed by atoms with van der Waals surface area (Å²) in [7, 11) is 0. The first-order valence-corrected chi connectivity index (χ1v) is 12.6. The minimum atomic E-state index is -1.17. The smallest absolute Gasteiger partial charge is 0.326 e. The van der Waals surface area contributed by atoms with Gasteiger partial charge in [0.25, 0.3) is 0 Å². The summed E-state index contributed by atoms with van der Waals surface area (Å²) in [5, 5.41) is 26.6. The first-order chi connectivity index (χ1) is 16.0. The van der Waals surface area contributed by atoms with E-state index in [9.17, 15) is 29.4 Å². The van der Waals surface area contributed by atoms with E-state index in [-0.39, 0.29) is 24.5 Å². The molecule has 34 heavy (non-hydrogen) atoms. The number of benzene rings is 1. The number of carboxylic acids is 1. The largest absolute Gasteiger partial charge is 0.508 e. The Morgan fingerprint density at radius 2 is 1.56 bits per heavy atom. The van der Waals surface area contributed by atoms with Gasteiger partial charge in [0, 0.05) is 6.42 Å². The number of phenolic OH excluding ortho intramolecular Hbond substituents is 1. The highest BCUT2D eigenvalue weighted by Gasteiger charge is 2.29. The van der Waals surface area contributed by atoms with Gasteiger partial charge in [0.15, 0.2) is 0 Å². The monoisotopic (exact) mass is 496 g/mol. The molecule has 0 aromatic heterocycles. The van der Waals surface area contributed by atoms with Crippen molar-refractivity contribution in [3.8, 4) is 5.75 Å². The van der Waals surface area contributed by atoms with Crippen molar-refractivity contribution in [2.45, 2.75) is 64.2 Å². The Labute approximate surface area is 204 Å². The highest BCUT2D eigenvalue weighted by Crippen LogP contribution is 2.12. The summed E-state index contributed by atoms with van der Waals surface area (Å²) in [5.41, 5.74) is 6.56. The van der Waals surface area contributed by atoms with Crippen LogP contribution >= 0.6 is 11.8 Å². The van der Waals surface area contributed by atoms with Gasteiger partial charge < -0.3 is 31.9 Å². The highest BCUT2D eigenvalue weighted by molar-refractivity contribution is 7.98. The van der Waals surface area contributed by atoms with Gasteiger partial charge in [-0.3, -0.25) is 14.4 Å². The van der Waals surface area contributed by atoms with Gasteiger partial charge in [0.1, 0.15) is 23.9 Å². The van der Waals surface area contributed by atoms with Crippen molar-refractivity contribution in [2.24, 2.45) is 11.7 Å². The van der Waals surface area contributed by atoms with Gasteiger partial charge in [-0.15, -0.1) is 0 Å². The number of aromatic hydroxyl groups is 1. The van der Waals surface area contributed by atoms with Gasteiger partial charge in [-0.25, -0.2) is 4.79 Å². The van der Waals surface area contributed by atoms with Crippen LogP contribution in [0.15, 0.2) is 24.3 Å². The lowest BCUT2D eigenvalue weighted by molar-refractivity contribution is -0.142. The highest BCUT2D eigenvalue weighted by atomic mass is 32.2. The maximum atomic E-state index is 13.0. The lowest BCUT2D eigenvalue weighted by Crippen LogP contribution is -2.57. The quantitative estimate of drug-likeness (QED) is 0.218. The molecule has 0 saturated carbocycles. The van der Waals surface area contributed by atoms with Gasteiger partial charge in [-0.1, -0.05) is 32.4 Å². The zero-order chi connectivity index (χ0) is 25.8. The molecule has 0 bridgehead atoms. The van der Waals surface area contributed by atoms with Crippen LogP contribution in [0, 0.1) is 5.92 Å². The number of rotatable bonds is 14. The van der Waals surface area contributed by atoms with E-state index in [1.807, 2.05) is 20.1 Å². The third-order valence-corrected chi connectivity index (χ3v) is 6.19. The van der Waals surface area contributed by atoms with Gasteiger partial charge in [0.2, 0.25) is 17.7 Å². The van der Waals surface area contributed by atoms with Gasteiger partial charge in [-0.2, -0.15) is 11.8 Å². The standard InChI is InChI=1S/C23H36N4O6S/c1-5-13(2)19(24)22(31)25-14(3)20(29)27-18(12-15-6-8-16(28)9-7-15)21(30)26-17(23(32)33)10-11-34-4/h6-9,13-14,17-19,28H,5,10-12,24H2,1-4H3,(H,25,31)(H,26,30)(H,27,29)(H,32,33). The van der Waals surface area contributed by atoms with Crippen molar-refractivity contribution < 1.29 is 29.4 Å². The molecule has 1 aromatic rings. The van der Waals surface area contributed by atoms with Crippen molar-refractivity contribution in [3.63, 3.8) is 0 Å². The van der Waals surface area contributed by atoms with Crippen LogP contribution in [0.3, 0.4) is 0 Å². The van der Waals surface area contributed by atoms with E-state index in [1.165, 1.54) is 30.8 Å². The molecule has 1 rings (SSSR count). The summed E-state index contributed by atoms with van der Waals surface area (Å²) < 4.78 is 0. The van der Waals surface area contributed by atoms with Crippen LogP contribution in [0.5, 0.6) is 5.75 Å². The van der Waals surface area contributed by atoms with Crippen LogP contribution in [-0.4, -0.2) is 70.1 Å². The Morgan fingerprint density at radius 3 is 2.09 bits per heavy atom. The maximum Gasteiger partial charge on any atom is 0.326 e. The first-order valence-electron chi connectivity index (χ1n) is 11.2. The Morgan fingerprint density at radius 1 is 0.971 bits per heavy atom. The molecule has 0 heterocycles. The molecule has 11 heteroatoms. The Hall–Kier alpha value is -2.79. The number of amides is 3. The third kappa shape index (κ3) is 9.60. The van der Waals surface area contributed by atoms with Crippen molar-refractivity contribution in [3.05, 3.63) is 29.8 Å². The number of nitrogens with one attached hydrogen (secondary N) is 3.